The van der Waals surface area contributed by atoms with Gasteiger partial charge >= 0.3 is 11.7 Å². The number of hydrogen-bond acceptors (Lipinski definition) is 11. The summed E-state index contributed by atoms with van der Waals surface area (Å²) in [5.41, 5.74) is 4.86. The maximum atomic E-state index is 12.3. The monoisotopic (exact) mass is 481 g/mol. The van der Waals surface area contributed by atoms with Crippen LogP contribution in [0, 0.1) is 20.2 Å². The van der Waals surface area contributed by atoms with E-state index in [2.05, 4.69) is 26.1 Å². The third kappa shape index (κ3) is 6.22. The summed E-state index contributed by atoms with van der Waals surface area (Å²) in [6, 6.07) is 11.6. The fraction of sp³-hybridized carbons (Fsp3) is 0.143. The van der Waals surface area contributed by atoms with Crippen molar-refractivity contribution in [2.45, 2.75) is 13.3 Å². The van der Waals surface area contributed by atoms with Gasteiger partial charge in [-0.15, -0.1) is 0 Å². The first-order valence-corrected chi connectivity index (χ1v) is 10.1. The van der Waals surface area contributed by atoms with E-state index < -0.39 is 27.4 Å². The van der Waals surface area contributed by atoms with E-state index in [1.165, 1.54) is 36.4 Å². The molecule has 3 rings (SSSR count). The summed E-state index contributed by atoms with van der Waals surface area (Å²) < 4.78 is 5.00. The number of amides is 1. The lowest BCUT2D eigenvalue weighted by molar-refractivity contribution is -0.384. The van der Waals surface area contributed by atoms with Crippen LogP contribution in [0.25, 0.3) is 0 Å². The summed E-state index contributed by atoms with van der Waals surface area (Å²) in [5, 5.41) is 25.2. The third-order valence-corrected chi connectivity index (χ3v) is 4.51. The molecule has 3 N–H and O–H groups in total. The zero-order valence-electron chi connectivity index (χ0n) is 18.3. The number of carbonyl (C=O) groups excluding carboxylic acids is 2. The fourth-order valence-corrected chi connectivity index (χ4v) is 2.94. The van der Waals surface area contributed by atoms with E-state index in [0.29, 0.717) is 5.56 Å². The summed E-state index contributed by atoms with van der Waals surface area (Å²) in [5.74, 6) is -1.73. The van der Waals surface area contributed by atoms with Gasteiger partial charge < -0.3 is 10.1 Å². The number of hydrazine groups is 1. The van der Waals surface area contributed by atoms with Gasteiger partial charge in [0.2, 0.25) is 17.5 Å². The molecule has 0 saturated heterocycles. The van der Waals surface area contributed by atoms with Gasteiger partial charge in [-0.05, 0) is 24.6 Å². The Kier molecular flexibility index (Phi) is 7.79. The number of nitrogens with one attached hydrogen (secondary N) is 3. The minimum absolute atomic E-state index is 0.117. The number of carbonyl (C=O) groups is 2. The Balaban J connectivity index is 1.76. The topological polar surface area (TPSA) is 192 Å². The van der Waals surface area contributed by atoms with Crippen molar-refractivity contribution in [3.05, 3.63) is 86.2 Å². The van der Waals surface area contributed by atoms with E-state index in [-0.39, 0.29) is 41.6 Å². The van der Waals surface area contributed by atoms with Crippen LogP contribution >= 0.6 is 0 Å². The van der Waals surface area contributed by atoms with E-state index >= 15 is 0 Å². The molecule has 0 aliphatic heterocycles. The van der Waals surface area contributed by atoms with Crippen molar-refractivity contribution in [2.75, 3.05) is 17.3 Å². The van der Waals surface area contributed by atoms with Gasteiger partial charge in [0.05, 0.1) is 34.1 Å². The number of rotatable bonds is 10. The van der Waals surface area contributed by atoms with Crippen molar-refractivity contribution in [2.24, 2.45) is 0 Å². The van der Waals surface area contributed by atoms with Crippen molar-refractivity contribution < 1.29 is 24.2 Å². The predicted molar refractivity (Wildman–Crippen MR) is 123 cm³/mol. The van der Waals surface area contributed by atoms with Gasteiger partial charge in [-0.1, -0.05) is 24.3 Å². The van der Waals surface area contributed by atoms with Crippen LogP contribution in [0.15, 0.2) is 54.9 Å². The molecule has 0 spiro atoms. The molecule has 0 atom stereocenters. The Morgan fingerprint density at radius 1 is 0.971 bits per heavy atom. The van der Waals surface area contributed by atoms with Crippen LogP contribution in [0.4, 0.5) is 28.7 Å². The number of non-ortho nitro benzene ring substituents is 1. The number of nitro groups is 2. The normalized spacial score (nSPS) is 10.2. The van der Waals surface area contributed by atoms with Gasteiger partial charge in [0.25, 0.3) is 5.69 Å². The summed E-state index contributed by atoms with van der Waals surface area (Å²) >= 11 is 0. The van der Waals surface area contributed by atoms with E-state index in [1.54, 1.807) is 19.1 Å². The molecule has 0 aliphatic rings. The second-order valence-electron chi connectivity index (χ2n) is 6.84. The van der Waals surface area contributed by atoms with Crippen molar-refractivity contribution in [1.29, 1.82) is 0 Å². The van der Waals surface area contributed by atoms with Crippen LogP contribution in [-0.4, -0.2) is 38.3 Å². The average molecular weight is 481 g/mol. The minimum atomic E-state index is -0.750. The Bertz CT molecular complexity index is 1270. The largest absolute Gasteiger partial charge is 0.462 e. The molecule has 0 saturated carbocycles. The van der Waals surface area contributed by atoms with Gasteiger partial charge in [0.15, 0.2) is 0 Å². The summed E-state index contributed by atoms with van der Waals surface area (Å²) in [6.07, 6.45) is 0.884. The summed E-state index contributed by atoms with van der Waals surface area (Å²) in [7, 11) is 0. The van der Waals surface area contributed by atoms with E-state index in [4.69, 9.17) is 4.74 Å². The molecule has 2 aromatic carbocycles. The van der Waals surface area contributed by atoms with Crippen LogP contribution < -0.4 is 16.2 Å². The van der Waals surface area contributed by atoms with Crippen LogP contribution in [0.5, 0.6) is 0 Å². The Labute approximate surface area is 197 Å². The molecule has 0 radical (unpaired) electrons. The van der Waals surface area contributed by atoms with Gasteiger partial charge in [-0.2, -0.15) is 0 Å². The van der Waals surface area contributed by atoms with Crippen LogP contribution in [0.1, 0.15) is 22.8 Å². The maximum Gasteiger partial charge on any atom is 0.355 e. The lowest BCUT2D eigenvalue weighted by Crippen LogP contribution is -2.31. The first-order valence-electron chi connectivity index (χ1n) is 10.1. The quantitative estimate of drug-likeness (QED) is 0.219. The van der Waals surface area contributed by atoms with Gasteiger partial charge in [0, 0.05) is 12.1 Å². The number of esters is 1. The van der Waals surface area contributed by atoms with E-state index in [0.717, 1.165) is 6.33 Å². The molecule has 1 heterocycles. The van der Waals surface area contributed by atoms with E-state index in [1.807, 2.05) is 0 Å². The average Bonchev–Trinajstić information content (AvgIpc) is 2.83. The molecule has 14 nitrogen and oxygen atoms in total. The second-order valence-corrected chi connectivity index (χ2v) is 6.84. The maximum absolute atomic E-state index is 12.3. The minimum Gasteiger partial charge on any atom is -0.462 e. The smallest absolute Gasteiger partial charge is 0.355 e. The fourth-order valence-electron chi connectivity index (χ4n) is 2.94. The zero-order valence-corrected chi connectivity index (χ0v) is 18.3. The van der Waals surface area contributed by atoms with Crippen LogP contribution in [-0.2, 0) is 16.0 Å². The van der Waals surface area contributed by atoms with Gasteiger partial charge in [0.1, 0.15) is 6.33 Å². The standard InChI is InChI=1S/C21H19N7O7/c1-2-35-21(30)15-5-3-4-6-16(15)24-19-18(28(33)34)20(23-12-22-19)26-25-17(29)11-13-7-9-14(10-8-13)27(31)32/h3-10,12H,2,11H2,1H3,(H,25,29)(H2,22,23,24,26). The van der Waals surface area contributed by atoms with Crippen LogP contribution in [0.2, 0.25) is 0 Å². The molecule has 0 bridgehead atoms. The summed E-state index contributed by atoms with van der Waals surface area (Å²) in [4.78, 5) is 53.3. The number of ether oxygens (including phenoxy) is 1. The summed E-state index contributed by atoms with van der Waals surface area (Å²) in [6.45, 7) is 1.80. The number of hydrogen-bond donors (Lipinski definition) is 3. The highest BCUT2D eigenvalue weighted by Gasteiger charge is 2.25. The number of benzene rings is 2. The van der Waals surface area contributed by atoms with Gasteiger partial charge in [-0.25, -0.2) is 14.8 Å². The highest BCUT2D eigenvalue weighted by atomic mass is 16.6. The molecule has 180 valence electrons. The first-order chi connectivity index (χ1) is 16.8. The van der Waals surface area contributed by atoms with Crippen molar-refractivity contribution in [1.82, 2.24) is 15.4 Å². The molecule has 14 heteroatoms. The Morgan fingerprint density at radius 3 is 2.31 bits per heavy atom. The molecule has 0 aliphatic carbocycles. The number of aromatic nitrogens is 2. The zero-order chi connectivity index (χ0) is 25.4. The molecular weight excluding hydrogens is 462 g/mol. The van der Waals surface area contributed by atoms with Crippen molar-refractivity contribution in [3.8, 4) is 0 Å². The molecule has 3 aromatic rings. The highest BCUT2D eigenvalue weighted by molar-refractivity contribution is 5.97. The number of nitro benzene ring substituents is 1. The number of para-hydroxylation sites is 1. The number of anilines is 3. The number of nitrogens with zero attached hydrogens (tertiary/aromatic N) is 4. The highest BCUT2D eigenvalue weighted by Crippen LogP contribution is 2.32. The third-order valence-electron chi connectivity index (χ3n) is 4.51. The second kappa shape index (κ2) is 11.1. The van der Waals surface area contributed by atoms with Gasteiger partial charge in [-0.3, -0.25) is 35.9 Å². The van der Waals surface area contributed by atoms with E-state index in [9.17, 15) is 29.8 Å². The molecule has 1 aromatic heterocycles. The lowest BCUT2D eigenvalue weighted by atomic mass is 10.1. The SMILES string of the molecule is CCOC(=O)c1ccccc1Nc1ncnc(NNC(=O)Cc2ccc([N+](=O)[O-])cc2)c1[N+](=O)[O-]. The molecule has 0 unspecified atom stereocenters. The van der Waals surface area contributed by atoms with Crippen molar-refractivity contribution in [3.63, 3.8) is 0 Å². The lowest BCUT2D eigenvalue weighted by Gasteiger charge is -2.13. The van der Waals surface area contributed by atoms with Crippen LogP contribution in [0.3, 0.4) is 0 Å². The first kappa shape index (κ1) is 24.5. The molecular formula is C21H19N7O7. The molecule has 1 amide bonds. The molecule has 0 fully saturated rings. The van der Waals surface area contributed by atoms with Crippen molar-refractivity contribution >= 4 is 40.6 Å². The Morgan fingerprint density at radius 2 is 1.66 bits per heavy atom. The Hall–Kier alpha value is -5.14. The molecule has 35 heavy (non-hydrogen) atoms. The predicted octanol–water partition coefficient (Wildman–Crippen LogP) is 2.90.